The Bertz CT molecular complexity index is 1030. The van der Waals surface area contributed by atoms with Gasteiger partial charge in [-0.3, -0.25) is 25.3 Å². The fourth-order valence-electron chi connectivity index (χ4n) is 2.36. The number of aromatic nitrogens is 3. The van der Waals surface area contributed by atoms with Crippen molar-refractivity contribution < 1.29 is 29.0 Å². The van der Waals surface area contributed by atoms with Crippen LogP contribution in [0.4, 0.5) is 4.79 Å². The average Bonchev–Trinajstić information content (AvgIpc) is 3.11. The molecule has 1 saturated heterocycles. The molecule has 1 aliphatic rings. The van der Waals surface area contributed by atoms with Crippen LogP contribution in [0.2, 0.25) is 5.02 Å². The van der Waals surface area contributed by atoms with Crippen LogP contribution in [-0.4, -0.2) is 51.2 Å². The maximum Gasteiger partial charge on any atom is 0.342 e. The number of carboxylic acid groups (broad SMARTS) is 1. The van der Waals surface area contributed by atoms with Gasteiger partial charge < -0.3 is 9.84 Å². The van der Waals surface area contributed by atoms with Crippen molar-refractivity contribution in [3.8, 4) is 17.1 Å². The predicted octanol–water partition coefficient (Wildman–Crippen LogP) is 1.18. The van der Waals surface area contributed by atoms with Crippen LogP contribution in [0.3, 0.4) is 0 Å². The van der Waals surface area contributed by atoms with Gasteiger partial charge in [0.25, 0.3) is 0 Å². The molecule has 150 valence electrons. The summed E-state index contributed by atoms with van der Waals surface area (Å²) in [5, 5.41) is 20.2. The molecular weight excluding hydrogens is 426 g/mol. The first kappa shape index (κ1) is 20.4. The van der Waals surface area contributed by atoms with Gasteiger partial charge in [0, 0.05) is 5.02 Å². The summed E-state index contributed by atoms with van der Waals surface area (Å²) in [6.07, 6.45) is 0.917. The van der Waals surface area contributed by atoms with Gasteiger partial charge in [-0.05, 0) is 36.0 Å². The molecule has 1 aliphatic heterocycles. The number of nitrogens with zero attached hydrogens (tertiary/aromatic N) is 2. The third kappa shape index (κ3) is 4.55. The van der Waals surface area contributed by atoms with E-state index in [4.69, 9.17) is 16.3 Å². The van der Waals surface area contributed by atoms with Gasteiger partial charge in [0.1, 0.15) is 11.7 Å². The van der Waals surface area contributed by atoms with Gasteiger partial charge in [0.15, 0.2) is 5.82 Å². The second kappa shape index (κ2) is 8.32. The van der Waals surface area contributed by atoms with Crippen molar-refractivity contribution in [1.82, 2.24) is 25.8 Å². The number of carbonyl (C=O) groups excluding carboxylic acids is 3. The third-order valence-electron chi connectivity index (χ3n) is 3.65. The van der Waals surface area contributed by atoms with Gasteiger partial charge in [0.2, 0.25) is 17.0 Å². The number of aliphatic carboxylic acids is 1. The summed E-state index contributed by atoms with van der Waals surface area (Å²) in [7, 11) is 1.47. The van der Waals surface area contributed by atoms with Gasteiger partial charge in [0.05, 0.1) is 17.6 Å². The first-order chi connectivity index (χ1) is 13.8. The Balaban J connectivity index is 1.87. The summed E-state index contributed by atoms with van der Waals surface area (Å²) in [6.45, 7) is 0. The number of benzene rings is 1. The molecule has 13 heteroatoms. The average molecular weight is 438 g/mol. The van der Waals surface area contributed by atoms with Crippen LogP contribution in [0, 0.1) is 5.92 Å². The number of rotatable bonds is 6. The molecule has 0 atom stereocenters. The van der Waals surface area contributed by atoms with Gasteiger partial charge in [-0.15, -0.1) is 5.10 Å². The summed E-state index contributed by atoms with van der Waals surface area (Å²) >= 11 is 6.61. The van der Waals surface area contributed by atoms with Gasteiger partial charge in [-0.25, -0.2) is 14.6 Å². The second-order valence-corrected chi connectivity index (χ2v) is 6.98. The molecule has 1 aromatic heterocycles. The molecule has 0 radical (unpaired) electrons. The molecule has 4 N–H and O–H groups in total. The molecule has 4 amide bonds. The lowest BCUT2D eigenvalue weighted by molar-refractivity contribution is -0.133. The van der Waals surface area contributed by atoms with Crippen LogP contribution >= 0.6 is 23.4 Å². The monoisotopic (exact) mass is 437 g/mol. The van der Waals surface area contributed by atoms with E-state index in [0.29, 0.717) is 28.1 Å². The van der Waals surface area contributed by atoms with Crippen molar-refractivity contribution in [2.45, 2.75) is 5.16 Å². The number of hydrogen-bond acceptors (Lipinski definition) is 8. The van der Waals surface area contributed by atoms with E-state index < -0.39 is 29.7 Å². The topological polar surface area (TPSA) is 163 Å². The highest BCUT2D eigenvalue weighted by Crippen LogP contribution is 2.32. The first-order valence-corrected chi connectivity index (χ1v) is 9.03. The summed E-state index contributed by atoms with van der Waals surface area (Å²) in [4.78, 5) is 50.1. The first-order valence-electron chi connectivity index (χ1n) is 7.83. The highest BCUT2D eigenvalue weighted by atomic mass is 35.5. The Morgan fingerprint density at radius 3 is 2.59 bits per heavy atom. The van der Waals surface area contributed by atoms with E-state index in [2.05, 4.69) is 15.2 Å². The number of carbonyl (C=O) groups is 4. The lowest BCUT2D eigenvalue weighted by Gasteiger charge is -2.18. The Kier molecular flexibility index (Phi) is 5.84. The molecule has 29 heavy (non-hydrogen) atoms. The van der Waals surface area contributed by atoms with Crippen LogP contribution < -0.4 is 15.4 Å². The number of methoxy groups -OCH3 is 1. The van der Waals surface area contributed by atoms with E-state index in [1.54, 1.807) is 18.2 Å². The molecule has 1 fully saturated rings. The number of nitrogens with one attached hydrogen (secondary N) is 3. The molecule has 0 unspecified atom stereocenters. The normalized spacial score (nSPS) is 15.1. The van der Waals surface area contributed by atoms with Gasteiger partial charge >= 0.3 is 12.0 Å². The Morgan fingerprint density at radius 2 is 1.97 bits per heavy atom. The molecule has 0 aliphatic carbocycles. The van der Waals surface area contributed by atoms with E-state index in [0.717, 1.165) is 6.08 Å². The minimum absolute atomic E-state index is 0.0170. The minimum atomic E-state index is -1.49. The summed E-state index contributed by atoms with van der Waals surface area (Å²) in [6, 6.07) is 3.89. The van der Waals surface area contributed by atoms with Gasteiger partial charge in [-0.2, -0.15) is 0 Å². The van der Waals surface area contributed by atoms with Crippen LogP contribution in [0.1, 0.15) is 0 Å². The Morgan fingerprint density at radius 1 is 1.28 bits per heavy atom. The number of barbiturate groups is 1. The number of H-pyrrole nitrogens is 1. The lowest BCUT2D eigenvalue weighted by Crippen LogP contribution is -2.55. The molecule has 2 heterocycles. The maximum absolute atomic E-state index is 11.8. The second-order valence-electron chi connectivity index (χ2n) is 5.53. The molecule has 2 aromatic rings. The number of halogens is 1. The van der Waals surface area contributed by atoms with Crippen molar-refractivity contribution in [2.24, 2.45) is 5.92 Å². The number of ether oxygens (including phenoxy) is 1. The molecule has 1 aromatic carbocycles. The van der Waals surface area contributed by atoms with Crippen molar-refractivity contribution in [1.29, 1.82) is 0 Å². The molecule has 0 spiro atoms. The number of carboxylic acids is 1. The molecule has 0 saturated carbocycles. The number of urea groups is 1. The fourth-order valence-corrected chi connectivity index (χ4v) is 3.25. The van der Waals surface area contributed by atoms with E-state index >= 15 is 0 Å². The van der Waals surface area contributed by atoms with Crippen molar-refractivity contribution in [3.63, 3.8) is 0 Å². The Hall–Kier alpha value is -3.38. The number of thioether (sulfide) groups is 1. The van der Waals surface area contributed by atoms with E-state index in [9.17, 15) is 24.3 Å². The minimum Gasteiger partial charge on any atom is -0.496 e. The molecular formula is C16H12ClN5O6S. The highest BCUT2D eigenvalue weighted by Gasteiger charge is 2.34. The number of aromatic amines is 1. The maximum atomic E-state index is 11.8. The molecule has 0 bridgehead atoms. The van der Waals surface area contributed by atoms with Gasteiger partial charge in [-0.1, -0.05) is 11.6 Å². The summed E-state index contributed by atoms with van der Waals surface area (Å²) in [5.74, 6) is -4.02. The lowest BCUT2D eigenvalue weighted by atomic mass is 10.1. The SMILES string of the molecule is COc1ccc(Cl)cc1-c1nc(S/C(=C/C2C(=O)NC(=O)NC2=O)C(=O)O)n[nH]1. The van der Waals surface area contributed by atoms with Crippen molar-refractivity contribution in [2.75, 3.05) is 7.11 Å². The van der Waals surface area contributed by atoms with Crippen LogP contribution in [0.25, 0.3) is 11.4 Å². The molecule has 3 rings (SSSR count). The van der Waals surface area contributed by atoms with E-state index in [1.165, 1.54) is 7.11 Å². The summed E-state index contributed by atoms with van der Waals surface area (Å²) < 4.78 is 5.24. The van der Waals surface area contributed by atoms with E-state index in [-0.39, 0.29) is 15.9 Å². The predicted molar refractivity (Wildman–Crippen MR) is 100 cm³/mol. The van der Waals surface area contributed by atoms with Crippen molar-refractivity contribution >= 4 is 47.2 Å². The number of amides is 4. The standard InChI is InChI=1S/C16H12ClN5O6S/c1-28-9-3-2-6(17)4-7(9)11-18-16(22-21-11)29-10(14(25)26)5-8-12(23)19-15(27)20-13(8)24/h2-5,8H,1H3,(H,25,26)(H,18,21,22)(H2,19,20,23,24,27)/b10-5+. The van der Waals surface area contributed by atoms with E-state index in [1.807, 2.05) is 10.6 Å². The van der Waals surface area contributed by atoms with Crippen LogP contribution in [-0.2, 0) is 14.4 Å². The zero-order valence-electron chi connectivity index (χ0n) is 14.6. The largest absolute Gasteiger partial charge is 0.496 e. The summed E-state index contributed by atoms with van der Waals surface area (Å²) in [5.41, 5.74) is 0.504. The smallest absolute Gasteiger partial charge is 0.342 e. The third-order valence-corrected chi connectivity index (χ3v) is 4.78. The zero-order chi connectivity index (χ0) is 21.1. The zero-order valence-corrected chi connectivity index (χ0v) is 16.1. The quantitative estimate of drug-likeness (QED) is 0.295. The highest BCUT2D eigenvalue weighted by molar-refractivity contribution is 8.03. The number of imide groups is 2. The fraction of sp³-hybridized carbons (Fsp3) is 0.125. The Labute approximate surface area is 171 Å². The molecule has 11 nitrogen and oxygen atoms in total. The van der Waals surface area contributed by atoms with Crippen molar-refractivity contribution in [3.05, 3.63) is 34.2 Å². The number of hydrogen-bond donors (Lipinski definition) is 4. The van der Waals surface area contributed by atoms with Crippen LogP contribution in [0.15, 0.2) is 34.3 Å². The van der Waals surface area contributed by atoms with Crippen LogP contribution in [0.5, 0.6) is 5.75 Å².